The molecule has 0 saturated carbocycles. The number of aromatic amines is 2. The Morgan fingerprint density at radius 2 is 1.35 bits per heavy atom. The molecule has 3 aromatic heterocycles. The van der Waals surface area contributed by atoms with Crippen molar-refractivity contribution in [2.24, 2.45) is 0 Å². The van der Waals surface area contributed by atoms with Crippen molar-refractivity contribution in [2.45, 2.75) is 116 Å². The quantitative estimate of drug-likeness (QED) is 0.0585. The van der Waals surface area contributed by atoms with Crippen LogP contribution in [0.4, 0.5) is 0 Å². The highest BCUT2D eigenvalue weighted by molar-refractivity contribution is 5.96. The summed E-state index contributed by atoms with van der Waals surface area (Å²) in [5, 5.41) is 0. The fourth-order valence-corrected chi connectivity index (χ4v) is 8.28. The molecular formula is C50H70N6O4. The predicted molar refractivity (Wildman–Crippen MR) is 247 cm³/mol. The number of nitrogens with zero attached hydrogens (tertiary/aromatic N) is 4. The molecule has 8 bridgehead atoms. The molecule has 0 fully saturated rings. The zero-order chi connectivity index (χ0) is 43.4. The van der Waals surface area contributed by atoms with E-state index in [4.69, 9.17) is 19.4 Å². The van der Waals surface area contributed by atoms with Gasteiger partial charge >= 0.3 is 11.9 Å². The molecule has 2 aliphatic heterocycles. The topological polar surface area (TPSA) is 116 Å². The highest BCUT2D eigenvalue weighted by Crippen LogP contribution is 2.43. The van der Waals surface area contributed by atoms with Crippen LogP contribution < -0.4 is 0 Å². The van der Waals surface area contributed by atoms with E-state index in [2.05, 4.69) is 113 Å². The molecule has 2 aliphatic rings. The van der Waals surface area contributed by atoms with Crippen LogP contribution in [-0.2, 0) is 37.3 Å². The monoisotopic (exact) mass is 819 g/mol. The number of fused-ring (bicyclic) bond motifs is 8. The van der Waals surface area contributed by atoms with Gasteiger partial charge in [-0.3, -0.25) is 14.6 Å². The van der Waals surface area contributed by atoms with Crippen LogP contribution in [0.2, 0.25) is 0 Å². The van der Waals surface area contributed by atoms with Crippen molar-refractivity contribution in [2.75, 3.05) is 54.5 Å². The third-order valence-electron chi connectivity index (χ3n) is 12.0. The van der Waals surface area contributed by atoms with Gasteiger partial charge in [0.05, 0.1) is 30.3 Å². The average Bonchev–Trinajstić information content (AvgIpc) is 3.87. The molecule has 2 N–H and O–H groups in total. The minimum Gasteiger partial charge on any atom is -0.466 e. The molecule has 1 unspecified atom stereocenters. The first-order valence-corrected chi connectivity index (χ1v) is 22.0. The first kappa shape index (κ1) is 46.3. The Kier molecular flexibility index (Phi) is 16.7. The van der Waals surface area contributed by atoms with Crippen LogP contribution in [0.5, 0.6) is 0 Å². The molecule has 3 aromatic rings. The number of allylic oxidation sites excluding steroid dienone is 4. The van der Waals surface area contributed by atoms with Crippen molar-refractivity contribution < 1.29 is 19.1 Å². The summed E-state index contributed by atoms with van der Waals surface area (Å²) in [4.78, 5) is 48.2. The summed E-state index contributed by atoms with van der Waals surface area (Å²) in [5.74, 6) is -0.412. The molecule has 10 nitrogen and oxygen atoms in total. The van der Waals surface area contributed by atoms with Gasteiger partial charge in [0.25, 0.3) is 0 Å². The van der Waals surface area contributed by atoms with Crippen molar-refractivity contribution in [3.8, 4) is 0 Å². The van der Waals surface area contributed by atoms with Crippen molar-refractivity contribution >= 4 is 45.2 Å². The molecule has 0 radical (unpaired) electrons. The maximum atomic E-state index is 13.1. The number of hydrogen-bond acceptors (Lipinski definition) is 8. The second-order valence-corrected chi connectivity index (χ2v) is 17.7. The first-order chi connectivity index (χ1) is 28.7. The van der Waals surface area contributed by atoms with Gasteiger partial charge in [-0.25, -0.2) is 4.98 Å². The van der Waals surface area contributed by atoms with E-state index < -0.39 is 0 Å². The second kappa shape index (κ2) is 21.6. The number of carbonyl (C=O) groups excluding carboxylic acids is 2. The number of carbonyl (C=O) groups is 2. The molecule has 60 heavy (non-hydrogen) atoms. The number of aryl methyl sites for hydroxylation is 3. The molecule has 0 aromatic carbocycles. The Labute approximate surface area is 358 Å². The lowest BCUT2D eigenvalue weighted by Gasteiger charge is -2.24. The zero-order valence-corrected chi connectivity index (χ0v) is 37.8. The van der Waals surface area contributed by atoms with Gasteiger partial charge in [0.2, 0.25) is 0 Å². The van der Waals surface area contributed by atoms with Crippen LogP contribution in [-0.4, -0.2) is 96.2 Å². The SMILES string of the molecule is C=CC1=C(C)c2cc3nc(cc4[nH]c(cc5[nH]c(cc1n2)cc5CCC(=O)OCCCCCCN(C)C)c(CCC(=O)OCCCCCCN(C)C)c4C)C(C)(C)C3C=C. The van der Waals surface area contributed by atoms with E-state index >= 15 is 0 Å². The van der Waals surface area contributed by atoms with E-state index in [1.54, 1.807) is 0 Å². The van der Waals surface area contributed by atoms with Crippen LogP contribution in [0, 0.1) is 6.92 Å². The molecule has 10 heteroatoms. The predicted octanol–water partition coefficient (Wildman–Crippen LogP) is 10.2. The molecule has 0 aliphatic carbocycles. The minimum atomic E-state index is -0.335. The van der Waals surface area contributed by atoms with Crippen LogP contribution >= 0.6 is 0 Å². The van der Waals surface area contributed by atoms with E-state index in [9.17, 15) is 9.59 Å². The fourth-order valence-electron chi connectivity index (χ4n) is 8.28. The smallest absolute Gasteiger partial charge is 0.306 e. The lowest BCUT2D eigenvalue weighted by molar-refractivity contribution is -0.144. The number of nitrogens with one attached hydrogen (secondary N) is 2. The van der Waals surface area contributed by atoms with Gasteiger partial charge in [0.1, 0.15) is 0 Å². The Morgan fingerprint density at radius 3 is 1.95 bits per heavy atom. The van der Waals surface area contributed by atoms with Crippen molar-refractivity contribution in [1.82, 2.24) is 29.7 Å². The summed E-state index contributed by atoms with van der Waals surface area (Å²) in [6.07, 6.45) is 13.8. The summed E-state index contributed by atoms with van der Waals surface area (Å²) < 4.78 is 11.4. The fraction of sp³-hybridized carbons (Fsp3) is 0.520. The maximum Gasteiger partial charge on any atom is 0.306 e. The van der Waals surface area contributed by atoms with E-state index in [-0.39, 0.29) is 36.1 Å². The Morgan fingerprint density at radius 1 is 0.733 bits per heavy atom. The normalized spacial score (nSPS) is 14.9. The number of ether oxygens (including phenoxy) is 2. The standard InChI is InChI=1S/C50H70N6O4/c1-11-38-34(3)41-31-46-40(12-2)50(5,6)47(54-46)33-42-35(4)39(22-24-49(58)60-28-20-16-14-18-26-56(9)10)45(53-42)32-43-36(29-37(51-43)30-44(38)52-41)21-23-48(57)59-27-19-15-13-17-25-55(7)8/h11-12,29-33,40,51,53H,1-2,13-28H2,3-10H3. The zero-order valence-electron chi connectivity index (χ0n) is 37.8. The summed E-state index contributed by atoms with van der Waals surface area (Å²) in [7, 11) is 8.36. The number of aromatic nitrogens is 4. The number of esters is 2. The molecule has 5 heterocycles. The van der Waals surface area contributed by atoms with E-state index in [1.165, 1.54) is 0 Å². The van der Waals surface area contributed by atoms with E-state index in [0.29, 0.717) is 26.1 Å². The lowest BCUT2D eigenvalue weighted by atomic mass is 9.77. The minimum absolute atomic E-state index is 0.0217. The summed E-state index contributed by atoms with van der Waals surface area (Å²) in [6.45, 7) is 20.0. The molecule has 0 spiro atoms. The van der Waals surface area contributed by atoms with Crippen LogP contribution in [0.3, 0.4) is 0 Å². The summed E-state index contributed by atoms with van der Waals surface area (Å²) >= 11 is 0. The lowest BCUT2D eigenvalue weighted by Crippen LogP contribution is -2.20. The summed E-state index contributed by atoms with van der Waals surface area (Å²) in [5.41, 5.74) is 11.8. The van der Waals surface area contributed by atoms with Gasteiger partial charge in [-0.1, -0.05) is 58.3 Å². The molecular weight excluding hydrogens is 749 g/mol. The summed E-state index contributed by atoms with van der Waals surface area (Å²) in [6, 6.07) is 10.5. The van der Waals surface area contributed by atoms with Gasteiger partial charge < -0.3 is 29.2 Å². The number of hydrogen-bond donors (Lipinski definition) is 2. The van der Waals surface area contributed by atoms with Gasteiger partial charge in [0, 0.05) is 57.5 Å². The van der Waals surface area contributed by atoms with E-state index in [1.807, 2.05) is 18.2 Å². The molecule has 5 rings (SSSR count). The number of rotatable bonds is 22. The van der Waals surface area contributed by atoms with Gasteiger partial charge in [-0.2, -0.15) is 0 Å². The van der Waals surface area contributed by atoms with E-state index in [0.717, 1.165) is 137 Å². The molecule has 324 valence electrons. The van der Waals surface area contributed by atoms with Gasteiger partial charge in [-0.15, -0.1) is 6.58 Å². The molecule has 1 atom stereocenters. The van der Waals surface area contributed by atoms with Crippen LogP contribution in [0.25, 0.3) is 33.2 Å². The molecule has 0 amide bonds. The highest BCUT2D eigenvalue weighted by Gasteiger charge is 2.38. The highest BCUT2D eigenvalue weighted by atomic mass is 16.5. The Bertz CT molecular complexity index is 2190. The number of unbranched alkanes of at least 4 members (excludes halogenated alkanes) is 6. The van der Waals surface area contributed by atoms with Gasteiger partial charge in [0.15, 0.2) is 0 Å². The third-order valence-corrected chi connectivity index (χ3v) is 12.0. The molecule has 0 saturated heterocycles. The number of H-pyrrole nitrogens is 2. The first-order valence-electron chi connectivity index (χ1n) is 22.0. The van der Waals surface area contributed by atoms with Crippen molar-refractivity contribution in [3.05, 3.63) is 95.1 Å². The van der Waals surface area contributed by atoms with Gasteiger partial charge in [-0.05, 0) is 146 Å². The maximum absolute atomic E-state index is 13.1. The van der Waals surface area contributed by atoms with Crippen LogP contribution in [0.1, 0.15) is 130 Å². The largest absolute Gasteiger partial charge is 0.466 e. The van der Waals surface area contributed by atoms with Crippen molar-refractivity contribution in [3.63, 3.8) is 0 Å². The third kappa shape index (κ3) is 12.2. The Hall–Kier alpha value is -4.80. The van der Waals surface area contributed by atoms with Crippen molar-refractivity contribution in [1.29, 1.82) is 0 Å². The average molecular weight is 819 g/mol. The second-order valence-electron chi connectivity index (χ2n) is 17.7. The van der Waals surface area contributed by atoms with Crippen LogP contribution in [0.15, 0.2) is 55.6 Å². The Balaban J connectivity index is 1.51.